The third-order valence-corrected chi connectivity index (χ3v) is 3.72. The molecule has 2 unspecified atom stereocenters. The first-order valence-corrected chi connectivity index (χ1v) is 7.74. The van der Waals surface area contributed by atoms with Crippen LogP contribution in [0.25, 0.3) is 0 Å². The second-order valence-electron chi connectivity index (χ2n) is 5.49. The number of halogens is 1. The lowest BCUT2D eigenvalue weighted by Crippen LogP contribution is -2.40. The van der Waals surface area contributed by atoms with Crippen LogP contribution in [0.1, 0.15) is 51.0 Å². The van der Waals surface area contributed by atoms with Gasteiger partial charge in [-0.3, -0.25) is 4.79 Å². The van der Waals surface area contributed by atoms with Crippen molar-refractivity contribution < 1.29 is 9.53 Å². The highest BCUT2D eigenvalue weighted by atomic mass is 35.5. The molecule has 0 bridgehead atoms. The highest BCUT2D eigenvalue weighted by Gasteiger charge is 2.17. The van der Waals surface area contributed by atoms with E-state index in [1.807, 2.05) is 31.2 Å². The molecule has 0 fully saturated rings. The van der Waals surface area contributed by atoms with Crippen LogP contribution in [0.3, 0.4) is 0 Å². The van der Waals surface area contributed by atoms with Gasteiger partial charge in [0.25, 0.3) is 0 Å². The molecule has 5 heteroatoms. The molecule has 0 heterocycles. The monoisotopic (exact) mass is 328 g/mol. The van der Waals surface area contributed by atoms with Crippen LogP contribution in [0.15, 0.2) is 24.3 Å². The fourth-order valence-corrected chi connectivity index (χ4v) is 2.45. The first-order chi connectivity index (χ1) is 10.1. The number of para-hydroxylation sites is 1. The van der Waals surface area contributed by atoms with E-state index in [-0.39, 0.29) is 30.3 Å². The molecule has 1 amide bonds. The highest BCUT2D eigenvalue weighted by Crippen LogP contribution is 2.28. The zero-order valence-corrected chi connectivity index (χ0v) is 14.6. The topological polar surface area (TPSA) is 64.3 Å². The highest BCUT2D eigenvalue weighted by molar-refractivity contribution is 5.85. The van der Waals surface area contributed by atoms with Gasteiger partial charge in [0.2, 0.25) is 5.91 Å². The van der Waals surface area contributed by atoms with Gasteiger partial charge >= 0.3 is 0 Å². The summed E-state index contributed by atoms with van der Waals surface area (Å²) in [7, 11) is 1.65. The lowest BCUT2D eigenvalue weighted by molar-refractivity contribution is -0.122. The van der Waals surface area contributed by atoms with Crippen LogP contribution in [-0.4, -0.2) is 25.6 Å². The molecule has 1 aromatic carbocycles. The molecule has 0 aromatic heterocycles. The van der Waals surface area contributed by atoms with E-state index in [0.717, 1.165) is 30.6 Å². The van der Waals surface area contributed by atoms with E-state index in [1.165, 1.54) is 0 Å². The van der Waals surface area contributed by atoms with E-state index >= 15 is 0 Å². The van der Waals surface area contributed by atoms with Gasteiger partial charge in [0.05, 0.1) is 7.11 Å². The Kier molecular flexibility index (Phi) is 10.7. The SMILES string of the molecule is CCCCC(CN)NC(=O)CC(C)c1ccccc1OC.Cl. The first-order valence-electron chi connectivity index (χ1n) is 7.74. The van der Waals surface area contributed by atoms with Crippen molar-refractivity contribution in [1.82, 2.24) is 5.32 Å². The lowest BCUT2D eigenvalue weighted by atomic mass is 9.96. The number of nitrogens with one attached hydrogen (secondary N) is 1. The molecule has 0 radical (unpaired) electrons. The largest absolute Gasteiger partial charge is 0.496 e. The Labute approximate surface area is 140 Å². The van der Waals surface area contributed by atoms with Crippen molar-refractivity contribution >= 4 is 18.3 Å². The summed E-state index contributed by atoms with van der Waals surface area (Å²) in [5, 5.41) is 3.03. The van der Waals surface area contributed by atoms with E-state index < -0.39 is 0 Å². The van der Waals surface area contributed by atoms with Crippen molar-refractivity contribution in [1.29, 1.82) is 0 Å². The number of rotatable bonds is 9. The van der Waals surface area contributed by atoms with E-state index in [4.69, 9.17) is 10.5 Å². The average molecular weight is 329 g/mol. The molecule has 0 saturated heterocycles. The molecule has 126 valence electrons. The number of methoxy groups -OCH3 is 1. The maximum atomic E-state index is 12.2. The first kappa shape index (κ1) is 20.7. The Morgan fingerprint density at radius 3 is 2.64 bits per heavy atom. The Morgan fingerprint density at radius 2 is 2.05 bits per heavy atom. The van der Waals surface area contributed by atoms with Gasteiger partial charge in [-0.15, -0.1) is 12.4 Å². The quantitative estimate of drug-likeness (QED) is 0.731. The standard InChI is InChI=1S/C17H28N2O2.ClH/c1-4-5-8-14(12-18)19-17(20)11-13(2)15-9-6-7-10-16(15)21-3;/h6-7,9-10,13-14H,4-5,8,11-12,18H2,1-3H3,(H,19,20);1H. The molecule has 0 aliphatic heterocycles. The maximum Gasteiger partial charge on any atom is 0.220 e. The summed E-state index contributed by atoms with van der Waals surface area (Å²) in [4.78, 5) is 12.2. The molecular weight excluding hydrogens is 300 g/mol. The zero-order chi connectivity index (χ0) is 15.7. The Morgan fingerprint density at radius 1 is 1.36 bits per heavy atom. The number of amides is 1. The van der Waals surface area contributed by atoms with Crippen LogP contribution in [-0.2, 0) is 4.79 Å². The molecule has 0 aliphatic rings. The molecular formula is C17H29ClN2O2. The number of hydrogen-bond acceptors (Lipinski definition) is 3. The average Bonchev–Trinajstić information content (AvgIpc) is 2.51. The summed E-state index contributed by atoms with van der Waals surface area (Å²) in [6, 6.07) is 7.92. The minimum Gasteiger partial charge on any atom is -0.496 e. The molecule has 0 spiro atoms. The summed E-state index contributed by atoms with van der Waals surface area (Å²) >= 11 is 0. The summed E-state index contributed by atoms with van der Waals surface area (Å²) in [5.41, 5.74) is 6.78. The van der Waals surface area contributed by atoms with E-state index in [0.29, 0.717) is 13.0 Å². The third kappa shape index (κ3) is 6.67. The molecule has 4 nitrogen and oxygen atoms in total. The fourth-order valence-electron chi connectivity index (χ4n) is 2.45. The zero-order valence-electron chi connectivity index (χ0n) is 13.8. The minimum atomic E-state index is 0. The van der Waals surface area contributed by atoms with Gasteiger partial charge in [-0.1, -0.05) is 44.9 Å². The second-order valence-corrected chi connectivity index (χ2v) is 5.49. The number of hydrogen-bond donors (Lipinski definition) is 2. The van der Waals surface area contributed by atoms with Crippen molar-refractivity contribution in [3.05, 3.63) is 29.8 Å². The molecule has 0 aliphatic carbocycles. The fraction of sp³-hybridized carbons (Fsp3) is 0.588. The van der Waals surface area contributed by atoms with Gasteiger partial charge in [-0.2, -0.15) is 0 Å². The second kappa shape index (κ2) is 11.3. The van der Waals surface area contributed by atoms with Crippen LogP contribution in [0.5, 0.6) is 5.75 Å². The summed E-state index contributed by atoms with van der Waals surface area (Å²) in [6.07, 6.45) is 3.60. The van der Waals surface area contributed by atoms with Gasteiger partial charge in [-0.05, 0) is 24.0 Å². The summed E-state index contributed by atoms with van der Waals surface area (Å²) in [6.45, 7) is 4.68. The van der Waals surface area contributed by atoms with Crippen LogP contribution >= 0.6 is 12.4 Å². The number of benzene rings is 1. The predicted octanol–water partition coefficient (Wildman–Crippen LogP) is 3.24. The normalized spacial score (nSPS) is 12.9. The maximum absolute atomic E-state index is 12.2. The summed E-state index contributed by atoms with van der Waals surface area (Å²) < 4.78 is 5.35. The van der Waals surface area contributed by atoms with Crippen molar-refractivity contribution in [2.75, 3.05) is 13.7 Å². The Bertz CT molecular complexity index is 440. The van der Waals surface area contributed by atoms with Crippen LogP contribution in [0.4, 0.5) is 0 Å². The third-order valence-electron chi connectivity index (χ3n) is 3.72. The number of unbranched alkanes of at least 4 members (excludes halogenated alkanes) is 1. The smallest absolute Gasteiger partial charge is 0.220 e. The predicted molar refractivity (Wildman–Crippen MR) is 93.8 cm³/mol. The summed E-state index contributed by atoms with van der Waals surface area (Å²) in [5.74, 6) is 1.00. The molecule has 2 atom stereocenters. The number of nitrogens with two attached hydrogens (primary N) is 1. The van der Waals surface area contributed by atoms with Gasteiger partial charge in [0.1, 0.15) is 5.75 Å². The van der Waals surface area contributed by atoms with Gasteiger partial charge in [-0.25, -0.2) is 0 Å². The van der Waals surface area contributed by atoms with Crippen molar-refractivity contribution in [2.45, 2.75) is 51.5 Å². The number of carbonyl (C=O) groups excluding carboxylic acids is 1. The van der Waals surface area contributed by atoms with Crippen LogP contribution < -0.4 is 15.8 Å². The Hall–Kier alpha value is -1.26. The molecule has 0 saturated carbocycles. The van der Waals surface area contributed by atoms with Crippen LogP contribution in [0, 0.1) is 0 Å². The Balaban J connectivity index is 0.00000441. The van der Waals surface area contributed by atoms with Gasteiger partial charge in [0.15, 0.2) is 0 Å². The van der Waals surface area contributed by atoms with E-state index in [1.54, 1.807) is 7.11 Å². The molecule has 1 aromatic rings. The molecule has 22 heavy (non-hydrogen) atoms. The lowest BCUT2D eigenvalue weighted by Gasteiger charge is -2.19. The van der Waals surface area contributed by atoms with Crippen molar-refractivity contribution in [3.63, 3.8) is 0 Å². The van der Waals surface area contributed by atoms with Gasteiger partial charge < -0.3 is 15.8 Å². The molecule has 3 N–H and O–H groups in total. The van der Waals surface area contributed by atoms with E-state index in [2.05, 4.69) is 12.2 Å². The van der Waals surface area contributed by atoms with Gasteiger partial charge in [0, 0.05) is 19.0 Å². The van der Waals surface area contributed by atoms with Crippen LogP contribution in [0.2, 0.25) is 0 Å². The minimum absolute atomic E-state index is 0. The van der Waals surface area contributed by atoms with E-state index in [9.17, 15) is 4.79 Å². The van der Waals surface area contributed by atoms with Crippen molar-refractivity contribution in [3.8, 4) is 5.75 Å². The molecule has 1 rings (SSSR count). The number of ether oxygens (including phenoxy) is 1. The number of carbonyl (C=O) groups is 1. The van der Waals surface area contributed by atoms with Crippen molar-refractivity contribution in [2.24, 2.45) is 5.73 Å².